The number of aromatic nitrogens is 1. The van der Waals surface area contributed by atoms with E-state index in [4.69, 9.17) is 9.63 Å². The highest BCUT2D eigenvalue weighted by Crippen LogP contribution is 2.36. The molecule has 2 heterocycles. The quantitative estimate of drug-likeness (QED) is 0.411. The first-order valence-corrected chi connectivity index (χ1v) is 12.0. The molecular formula is C27H30N4O5. The summed E-state index contributed by atoms with van der Waals surface area (Å²) in [5.41, 5.74) is 3.84. The highest BCUT2D eigenvalue weighted by Gasteiger charge is 2.36. The average Bonchev–Trinajstić information content (AvgIpc) is 3.47. The number of carboxylic acid groups (broad SMARTS) is 1. The molecule has 0 aliphatic carbocycles. The lowest BCUT2D eigenvalue weighted by molar-refractivity contribution is -0.137. The van der Waals surface area contributed by atoms with Gasteiger partial charge >= 0.3 is 12.0 Å². The molecule has 1 saturated heterocycles. The molecule has 3 aromatic rings. The van der Waals surface area contributed by atoms with E-state index in [0.29, 0.717) is 17.1 Å². The summed E-state index contributed by atoms with van der Waals surface area (Å²) >= 11 is 0. The van der Waals surface area contributed by atoms with Crippen molar-refractivity contribution in [3.8, 4) is 0 Å². The maximum absolute atomic E-state index is 13.2. The Hall–Kier alpha value is -4.14. The van der Waals surface area contributed by atoms with Crippen molar-refractivity contribution < 1.29 is 24.0 Å². The molecule has 36 heavy (non-hydrogen) atoms. The Balaban J connectivity index is 1.36. The number of likely N-dealkylation sites (tertiary alicyclic amines) is 1. The molecule has 9 heteroatoms. The summed E-state index contributed by atoms with van der Waals surface area (Å²) in [6, 6.07) is 16.0. The van der Waals surface area contributed by atoms with E-state index in [-0.39, 0.29) is 43.3 Å². The molecule has 0 spiro atoms. The van der Waals surface area contributed by atoms with Crippen LogP contribution in [0.25, 0.3) is 0 Å². The maximum Gasteiger partial charge on any atom is 0.323 e. The molecular weight excluding hydrogens is 460 g/mol. The predicted molar refractivity (Wildman–Crippen MR) is 135 cm³/mol. The molecule has 1 aliphatic heterocycles. The van der Waals surface area contributed by atoms with Crippen LogP contribution in [-0.2, 0) is 22.4 Å². The van der Waals surface area contributed by atoms with Crippen molar-refractivity contribution in [2.24, 2.45) is 0 Å². The maximum atomic E-state index is 13.2. The fraction of sp³-hybridized carbons (Fsp3) is 0.333. The van der Waals surface area contributed by atoms with Gasteiger partial charge in [0.2, 0.25) is 5.91 Å². The third-order valence-electron chi connectivity index (χ3n) is 6.42. The number of benzene rings is 2. The van der Waals surface area contributed by atoms with Crippen molar-refractivity contribution in [1.82, 2.24) is 10.1 Å². The molecule has 1 aliphatic rings. The van der Waals surface area contributed by atoms with Gasteiger partial charge in [-0.15, -0.1) is 0 Å². The van der Waals surface area contributed by atoms with E-state index in [1.54, 1.807) is 18.2 Å². The number of aryl methyl sites for hydroxylation is 2. The number of nitrogens with one attached hydrogen (secondary N) is 2. The summed E-state index contributed by atoms with van der Waals surface area (Å²) in [6.45, 7) is 3.94. The van der Waals surface area contributed by atoms with Gasteiger partial charge in [-0.25, -0.2) is 4.79 Å². The number of carboxylic acids is 1. The van der Waals surface area contributed by atoms with Crippen molar-refractivity contribution in [3.05, 3.63) is 77.2 Å². The molecule has 1 aromatic heterocycles. The fourth-order valence-corrected chi connectivity index (χ4v) is 4.50. The van der Waals surface area contributed by atoms with Crippen LogP contribution in [0.3, 0.4) is 0 Å². The van der Waals surface area contributed by atoms with Crippen molar-refractivity contribution in [3.63, 3.8) is 0 Å². The van der Waals surface area contributed by atoms with E-state index >= 15 is 0 Å². The minimum absolute atomic E-state index is 0.0157. The van der Waals surface area contributed by atoms with E-state index in [0.717, 1.165) is 29.7 Å². The highest BCUT2D eigenvalue weighted by atomic mass is 16.5. The number of rotatable bonds is 8. The summed E-state index contributed by atoms with van der Waals surface area (Å²) in [5.74, 6) is -0.403. The van der Waals surface area contributed by atoms with Crippen molar-refractivity contribution in [1.29, 1.82) is 0 Å². The Kier molecular flexibility index (Phi) is 7.68. The number of anilines is 2. The molecule has 0 saturated carbocycles. The van der Waals surface area contributed by atoms with E-state index in [1.165, 1.54) is 0 Å². The number of hydrogen-bond donors (Lipinski definition) is 3. The number of carbonyl (C=O) groups is 3. The standard InChI is InChI=1S/C27H30N4O5/c1-17-5-3-4-6-22(17)29-27(35)28-20-10-8-19(9-11-20)15-25(32)31-18(2)7-13-24(31)23-16-21(36-30-23)12-14-26(33)34/h3-6,8-11,16,18,24H,7,12-15H2,1-2H3,(H,33,34)(H2,28,29,35). The SMILES string of the molecule is Cc1ccccc1NC(=O)Nc1ccc(CC(=O)N2C(C)CCC2c2cc(CCC(=O)O)on2)cc1. The van der Waals surface area contributed by atoms with Crippen LogP contribution in [0.5, 0.6) is 0 Å². The molecule has 3 amide bonds. The topological polar surface area (TPSA) is 125 Å². The van der Waals surface area contributed by atoms with Crippen LogP contribution in [-0.4, -0.2) is 39.1 Å². The smallest absolute Gasteiger partial charge is 0.323 e. The van der Waals surface area contributed by atoms with Gasteiger partial charge in [-0.05, 0) is 56.0 Å². The number of nitrogens with zero attached hydrogens (tertiary/aromatic N) is 2. The number of para-hydroxylation sites is 1. The summed E-state index contributed by atoms with van der Waals surface area (Å²) in [4.78, 5) is 38.2. The third kappa shape index (κ3) is 6.10. The molecule has 9 nitrogen and oxygen atoms in total. The van der Waals surface area contributed by atoms with Gasteiger partial charge in [0.25, 0.3) is 0 Å². The zero-order valence-electron chi connectivity index (χ0n) is 20.4. The summed E-state index contributed by atoms with van der Waals surface area (Å²) < 4.78 is 5.31. The second-order valence-electron chi connectivity index (χ2n) is 9.12. The Morgan fingerprint density at radius 1 is 1.08 bits per heavy atom. The van der Waals surface area contributed by atoms with E-state index < -0.39 is 5.97 Å². The Labute approximate surface area is 209 Å². The van der Waals surface area contributed by atoms with Gasteiger partial charge in [0, 0.05) is 29.9 Å². The second kappa shape index (κ2) is 11.1. The van der Waals surface area contributed by atoms with Crippen LogP contribution in [0.15, 0.2) is 59.1 Å². The normalized spacial score (nSPS) is 17.1. The van der Waals surface area contributed by atoms with E-state index in [1.807, 2.05) is 55.1 Å². The lowest BCUT2D eigenvalue weighted by atomic mass is 10.1. The highest BCUT2D eigenvalue weighted by molar-refractivity contribution is 6.00. The van der Waals surface area contributed by atoms with Gasteiger partial charge < -0.3 is 25.2 Å². The number of hydrogen-bond acceptors (Lipinski definition) is 5. The predicted octanol–water partition coefficient (Wildman–Crippen LogP) is 4.94. The summed E-state index contributed by atoms with van der Waals surface area (Å²) in [5, 5.41) is 18.6. The van der Waals surface area contributed by atoms with Gasteiger partial charge in [-0.1, -0.05) is 35.5 Å². The molecule has 1 fully saturated rings. The van der Waals surface area contributed by atoms with Gasteiger partial charge in [-0.3, -0.25) is 9.59 Å². The van der Waals surface area contributed by atoms with Gasteiger partial charge in [0.15, 0.2) is 0 Å². The van der Waals surface area contributed by atoms with E-state index in [9.17, 15) is 14.4 Å². The van der Waals surface area contributed by atoms with Gasteiger partial charge in [0.05, 0.1) is 18.9 Å². The van der Waals surface area contributed by atoms with Crippen LogP contribution in [0.4, 0.5) is 16.2 Å². The molecule has 188 valence electrons. The first-order chi connectivity index (χ1) is 17.3. The van der Waals surface area contributed by atoms with Crippen molar-refractivity contribution in [2.45, 2.75) is 58.0 Å². The number of amides is 3. The number of urea groups is 1. The Bertz CT molecular complexity index is 1240. The lowest BCUT2D eigenvalue weighted by Crippen LogP contribution is -2.37. The second-order valence-corrected chi connectivity index (χ2v) is 9.12. The third-order valence-corrected chi connectivity index (χ3v) is 6.42. The Morgan fingerprint density at radius 3 is 2.56 bits per heavy atom. The summed E-state index contributed by atoms with van der Waals surface area (Å²) in [7, 11) is 0. The number of aliphatic carboxylic acids is 1. The molecule has 2 unspecified atom stereocenters. The minimum Gasteiger partial charge on any atom is -0.481 e. The molecule has 0 bridgehead atoms. The van der Waals surface area contributed by atoms with Crippen molar-refractivity contribution >= 4 is 29.3 Å². The summed E-state index contributed by atoms with van der Waals surface area (Å²) in [6.07, 6.45) is 2.09. The minimum atomic E-state index is -0.896. The first-order valence-electron chi connectivity index (χ1n) is 12.0. The van der Waals surface area contributed by atoms with Crippen LogP contribution in [0.2, 0.25) is 0 Å². The molecule has 4 rings (SSSR count). The molecule has 3 N–H and O–H groups in total. The lowest BCUT2D eigenvalue weighted by Gasteiger charge is -2.27. The molecule has 2 aromatic carbocycles. The first kappa shape index (κ1) is 25.0. The van der Waals surface area contributed by atoms with Crippen LogP contribution in [0.1, 0.15) is 54.8 Å². The largest absolute Gasteiger partial charge is 0.481 e. The van der Waals surface area contributed by atoms with Crippen LogP contribution in [0, 0.1) is 6.92 Å². The Morgan fingerprint density at radius 2 is 1.83 bits per heavy atom. The molecule has 2 atom stereocenters. The van der Waals surface area contributed by atoms with Gasteiger partial charge in [-0.2, -0.15) is 0 Å². The number of carbonyl (C=O) groups excluding carboxylic acids is 2. The zero-order chi connectivity index (χ0) is 25.7. The molecule has 0 radical (unpaired) electrons. The monoisotopic (exact) mass is 490 g/mol. The average molecular weight is 491 g/mol. The van der Waals surface area contributed by atoms with Crippen molar-refractivity contribution in [2.75, 3.05) is 10.6 Å². The fourth-order valence-electron chi connectivity index (χ4n) is 4.50. The van der Waals surface area contributed by atoms with Crippen LogP contribution < -0.4 is 10.6 Å². The van der Waals surface area contributed by atoms with E-state index in [2.05, 4.69) is 15.8 Å². The van der Waals surface area contributed by atoms with Gasteiger partial charge in [0.1, 0.15) is 11.5 Å². The van der Waals surface area contributed by atoms with Crippen LogP contribution >= 0.6 is 0 Å². The zero-order valence-corrected chi connectivity index (χ0v) is 20.4.